The van der Waals surface area contributed by atoms with Crippen molar-refractivity contribution in [3.63, 3.8) is 0 Å². The molecule has 0 aliphatic carbocycles. The lowest BCUT2D eigenvalue weighted by Gasteiger charge is -2.42. The van der Waals surface area contributed by atoms with Gasteiger partial charge in [0, 0.05) is 18.6 Å². The third-order valence-electron chi connectivity index (χ3n) is 3.68. The molecule has 3 nitrogen and oxygen atoms in total. The van der Waals surface area contributed by atoms with E-state index in [0.717, 1.165) is 19.3 Å². The zero-order valence-corrected chi connectivity index (χ0v) is 10.6. The molecule has 1 heterocycles. The fourth-order valence-corrected chi connectivity index (χ4v) is 2.79. The molecule has 0 bridgehead atoms. The molecule has 4 heteroatoms. The Morgan fingerprint density at radius 2 is 2.28 bits per heavy atom. The van der Waals surface area contributed by atoms with E-state index in [2.05, 4.69) is 11.8 Å². The quantitative estimate of drug-likeness (QED) is 0.873. The zero-order chi connectivity index (χ0) is 13.1. The van der Waals surface area contributed by atoms with Crippen LogP contribution in [0.15, 0.2) is 18.2 Å². The van der Waals surface area contributed by atoms with E-state index >= 15 is 0 Å². The summed E-state index contributed by atoms with van der Waals surface area (Å²) in [6, 6.07) is 7.25. The van der Waals surface area contributed by atoms with Crippen molar-refractivity contribution in [3.8, 4) is 6.07 Å². The molecular formula is C14H18FN3. The van der Waals surface area contributed by atoms with Crippen LogP contribution >= 0.6 is 0 Å². The normalized spacial score (nSPS) is 23.8. The molecule has 2 N–H and O–H groups in total. The number of nitrogens with zero attached hydrogens (tertiary/aromatic N) is 2. The Balaban J connectivity index is 2.45. The van der Waals surface area contributed by atoms with Gasteiger partial charge in [0.15, 0.2) is 0 Å². The van der Waals surface area contributed by atoms with Gasteiger partial charge in [-0.05, 0) is 38.3 Å². The van der Waals surface area contributed by atoms with E-state index < -0.39 is 5.82 Å². The Labute approximate surface area is 107 Å². The lowest BCUT2D eigenvalue weighted by molar-refractivity contribution is 0.400. The number of rotatable bonds is 2. The minimum absolute atomic E-state index is 0.129. The van der Waals surface area contributed by atoms with Gasteiger partial charge in [-0.1, -0.05) is 6.07 Å². The molecule has 0 aromatic heterocycles. The first-order valence-corrected chi connectivity index (χ1v) is 6.36. The van der Waals surface area contributed by atoms with Crippen molar-refractivity contribution >= 4 is 5.69 Å². The van der Waals surface area contributed by atoms with E-state index in [9.17, 15) is 4.39 Å². The summed E-state index contributed by atoms with van der Waals surface area (Å²) in [6.45, 7) is 2.64. The van der Waals surface area contributed by atoms with E-state index in [1.54, 1.807) is 6.07 Å². The van der Waals surface area contributed by atoms with Gasteiger partial charge in [-0.2, -0.15) is 5.26 Å². The summed E-state index contributed by atoms with van der Waals surface area (Å²) in [4.78, 5) is 2.12. The third kappa shape index (κ3) is 2.19. The standard InChI is InChI=1S/C14H18FN3/c1-10-4-2-5-11(8-16)18(10)14-7-3-6-13(15)12(14)9-17/h3,6-7,10-11H,2,4-5,8,16H2,1H3. The van der Waals surface area contributed by atoms with Crippen molar-refractivity contribution in [1.29, 1.82) is 5.26 Å². The van der Waals surface area contributed by atoms with Crippen molar-refractivity contribution in [3.05, 3.63) is 29.6 Å². The van der Waals surface area contributed by atoms with Gasteiger partial charge in [0.1, 0.15) is 17.4 Å². The summed E-state index contributed by atoms with van der Waals surface area (Å²) in [5, 5.41) is 9.13. The smallest absolute Gasteiger partial charge is 0.143 e. The maximum absolute atomic E-state index is 13.7. The molecule has 18 heavy (non-hydrogen) atoms. The predicted octanol–water partition coefficient (Wildman–Crippen LogP) is 2.40. The lowest BCUT2D eigenvalue weighted by Crippen LogP contribution is -2.49. The molecule has 2 unspecified atom stereocenters. The minimum Gasteiger partial charge on any atom is -0.363 e. The first-order chi connectivity index (χ1) is 8.69. The maximum Gasteiger partial charge on any atom is 0.143 e. The monoisotopic (exact) mass is 247 g/mol. The van der Waals surface area contributed by atoms with E-state index in [4.69, 9.17) is 11.0 Å². The summed E-state index contributed by atoms with van der Waals surface area (Å²) < 4.78 is 13.7. The Hall–Kier alpha value is -1.60. The van der Waals surface area contributed by atoms with E-state index in [-0.39, 0.29) is 11.6 Å². The second kappa shape index (κ2) is 5.36. The van der Waals surface area contributed by atoms with Gasteiger partial charge in [-0.25, -0.2) is 4.39 Å². The van der Waals surface area contributed by atoms with Crippen LogP contribution < -0.4 is 10.6 Å². The molecular weight excluding hydrogens is 229 g/mol. The highest BCUT2D eigenvalue weighted by atomic mass is 19.1. The molecule has 0 spiro atoms. The van der Waals surface area contributed by atoms with Crippen LogP contribution in [-0.4, -0.2) is 18.6 Å². The van der Waals surface area contributed by atoms with Crippen molar-refractivity contribution in [2.24, 2.45) is 5.73 Å². The highest BCUT2D eigenvalue weighted by Gasteiger charge is 2.29. The number of hydrogen-bond donors (Lipinski definition) is 1. The third-order valence-corrected chi connectivity index (χ3v) is 3.68. The summed E-state index contributed by atoms with van der Waals surface area (Å²) in [5.41, 5.74) is 6.61. The molecule has 1 aromatic rings. The van der Waals surface area contributed by atoms with Crippen LogP contribution in [0.5, 0.6) is 0 Å². The van der Waals surface area contributed by atoms with E-state index in [1.165, 1.54) is 6.07 Å². The Morgan fingerprint density at radius 3 is 2.94 bits per heavy atom. The average Bonchev–Trinajstić information content (AvgIpc) is 2.38. The number of anilines is 1. The van der Waals surface area contributed by atoms with Crippen LogP contribution in [0.25, 0.3) is 0 Å². The van der Waals surface area contributed by atoms with E-state index in [0.29, 0.717) is 18.3 Å². The van der Waals surface area contributed by atoms with Gasteiger partial charge in [-0.3, -0.25) is 0 Å². The molecule has 0 saturated carbocycles. The first kappa shape index (κ1) is 12.8. The van der Waals surface area contributed by atoms with Gasteiger partial charge < -0.3 is 10.6 Å². The van der Waals surface area contributed by atoms with Gasteiger partial charge in [0.05, 0.1) is 5.69 Å². The van der Waals surface area contributed by atoms with Crippen molar-refractivity contribution in [1.82, 2.24) is 0 Å². The summed E-state index contributed by atoms with van der Waals surface area (Å²) in [7, 11) is 0. The van der Waals surface area contributed by atoms with Gasteiger partial charge in [-0.15, -0.1) is 0 Å². The second-order valence-electron chi connectivity index (χ2n) is 4.82. The Morgan fingerprint density at radius 1 is 1.50 bits per heavy atom. The minimum atomic E-state index is -0.455. The van der Waals surface area contributed by atoms with E-state index in [1.807, 2.05) is 12.1 Å². The molecule has 0 radical (unpaired) electrons. The van der Waals surface area contributed by atoms with Gasteiger partial charge >= 0.3 is 0 Å². The Kier molecular flexibility index (Phi) is 3.83. The largest absolute Gasteiger partial charge is 0.363 e. The molecule has 1 fully saturated rings. The number of halogens is 1. The van der Waals surface area contributed by atoms with Crippen LogP contribution in [0.1, 0.15) is 31.7 Å². The fourth-order valence-electron chi connectivity index (χ4n) is 2.79. The molecule has 1 aliphatic rings. The van der Waals surface area contributed by atoms with Crippen LogP contribution in [0.2, 0.25) is 0 Å². The van der Waals surface area contributed by atoms with Crippen LogP contribution in [-0.2, 0) is 0 Å². The molecule has 2 rings (SSSR count). The van der Waals surface area contributed by atoms with Crippen LogP contribution in [0.4, 0.5) is 10.1 Å². The molecule has 1 aromatic carbocycles. The first-order valence-electron chi connectivity index (χ1n) is 6.36. The summed E-state index contributed by atoms with van der Waals surface area (Å²) >= 11 is 0. The predicted molar refractivity (Wildman–Crippen MR) is 69.7 cm³/mol. The number of piperidine rings is 1. The lowest BCUT2D eigenvalue weighted by atomic mass is 9.94. The van der Waals surface area contributed by atoms with Crippen molar-refractivity contribution in [2.75, 3.05) is 11.4 Å². The molecule has 0 amide bonds. The number of nitrogens with two attached hydrogens (primary N) is 1. The maximum atomic E-state index is 13.7. The van der Waals surface area contributed by atoms with Crippen LogP contribution in [0, 0.1) is 17.1 Å². The molecule has 2 atom stereocenters. The molecule has 1 saturated heterocycles. The molecule has 96 valence electrons. The zero-order valence-electron chi connectivity index (χ0n) is 10.6. The van der Waals surface area contributed by atoms with Gasteiger partial charge in [0.2, 0.25) is 0 Å². The Bertz CT molecular complexity index is 467. The second-order valence-corrected chi connectivity index (χ2v) is 4.82. The highest BCUT2D eigenvalue weighted by molar-refractivity contribution is 5.61. The number of nitriles is 1. The summed E-state index contributed by atoms with van der Waals surface area (Å²) in [5.74, 6) is -0.455. The topological polar surface area (TPSA) is 53.0 Å². The molecule has 1 aliphatic heterocycles. The van der Waals surface area contributed by atoms with Crippen LogP contribution in [0.3, 0.4) is 0 Å². The van der Waals surface area contributed by atoms with Gasteiger partial charge in [0.25, 0.3) is 0 Å². The average molecular weight is 247 g/mol. The van der Waals surface area contributed by atoms with Crippen molar-refractivity contribution < 1.29 is 4.39 Å². The number of hydrogen-bond acceptors (Lipinski definition) is 3. The van der Waals surface area contributed by atoms with Crippen molar-refractivity contribution in [2.45, 2.75) is 38.3 Å². The summed E-state index contributed by atoms with van der Waals surface area (Å²) in [6.07, 6.45) is 3.19. The fraction of sp³-hybridized carbons (Fsp3) is 0.500. The number of benzene rings is 1. The highest BCUT2D eigenvalue weighted by Crippen LogP contribution is 2.32. The SMILES string of the molecule is CC1CCCC(CN)N1c1cccc(F)c1C#N.